The van der Waals surface area contributed by atoms with Gasteiger partial charge in [-0.25, -0.2) is 0 Å². The van der Waals surface area contributed by atoms with Crippen molar-refractivity contribution in [3.05, 3.63) is 57.8 Å². The highest BCUT2D eigenvalue weighted by Crippen LogP contribution is 2.39. The first-order valence-electron chi connectivity index (χ1n) is 6.66. The largest absolute Gasteiger partial charge is 0.143 e. The molecule has 0 aliphatic carbocycles. The highest BCUT2D eigenvalue weighted by Gasteiger charge is 2.17. The molecule has 0 amide bonds. The molecule has 104 valence electrons. The quantitative estimate of drug-likeness (QED) is 0.467. The van der Waals surface area contributed by atoms with Crippen LogP contribution in [0.25, 0.3) is 9.40 Å². The van der Waals surface area contributed by atoms with E-state index in [2.05, 4.69) is 62.5 Å². The van der Waals surface area contributed by atoms with Crippen LogP contribution in [0.1, 0.15) is 42.2 Å². The minimum absolute atomic E-state index is 0.0476. The van der Waals surface area contributed by atoms with E-state index in [1.807, 2.05) is 0 Å². The molecule has 1 unspecified atom stereocenters. The van der Waals surface area contributed by atoms with Crippen LogP contribution < -0.4 is 0 Å². The van der Waals surface area contributed by atoms with E-state index in [0.717, 1.165) is 0 Å². The first-order valence-corrected chi connectivity index (χ1v) is 8.80. The molecular formula is C17H17ClS2. The van der Waals surface area contributed by atoms with Crippen LogP contribution in [0.15, 0.2) is 41.8 Å². The zero-order valence-electron chi connectivity index (χ0n) is 11.8. The van der Waals surface area contributed by atoms with Gasteiger partial charge in [-0.2, -0.15) is 0 Å². The third kappa shape index (κ3) is 2.65. The number of alkyl halides is 1. The summed E-state index contributed by atoms with van der Waals surface area (Å²) in [5.41, 5.74) is 2.71. The Bertz CT molecular complexity index is 685. The molecule has 0 fully saturated rings. The van der Waals surface area contributed by atoms with Crippen molar-refractivity contribution in [1.82, 2.24) is 0 Å². The minimum Gasteiger partial charge on any atom is -0.143 e. The van der Waals surface area contributed by atoms with E-state index in [0.29, 0.717) is 0 Å². The molecule has 3 heteroatoms. The maximum absolute atomic E-state index is 6.64. The number of rotatable bonds is 2. The van der Waals surface area contributed by atoms with Crippen molar-refractivity contribution in [2.24, 2.45) is 0 Å². The van der Waals surface area contributed by atoms with Crippen molar-refractivity contribution in [2.45, 2.75) is 31.6 Å². The molecule has 1 atom stereocenters. The van der Waals surface area contributed by atoms with Crippen LogP contribution in [-0.2, 0) is 5.41 Å². The van der Waals surface area contributed by atoms with Crippen molar-refractivity contribution >= 4 is 43.7 Å². The van der Waals surface area contributed by atoms with Gasteiger partial charge in [0.05, 0.1) is 5.38 Å². The Labute approximate surface area is 133 Å². The van der Waals surface area contributed by atoms with Gasteiger partial charge in [-0.15, -0.1) is 34.3 Å². The third-order valence-corrected chi connectivity index (χ3v) is 6.25. The lowest BCUT2D eigenvalue weighted by molar-refractivity contribution is 0.590. The molecule has 2 aromatic heterocycles. The summed E-state index contributed by atoms with van der Waals surface area (Å²) in [5, 5.41) is 2.08. The number of hydrogen-bond acceptors (Lipinski definition) is 2. The second kappa shape index (κ2) is 5.18. The first-order chi connectivity index (χ1) is 9.45. The van der Waals surface area contributed by atoms with Gasteiger partial charge in [-0.1, -0.05) is 45.0 Å². The predicted molar refractivity (Wildman–Crippen MR) is 92.5 cm³/mol. The van der Waals surface area contributed by atoms with Crippen LogP contribution >= 0.6 is 34.3 Å². The summed E-state index contributed by atoms with van der Waals surface area (Å²) in [6.07, 6.45) is 0. The molecule has 3 aromatic rings. The SMILES string of the molecule is CC(C)(C)c1ccc(C(Cl)c2cc3sccc3s2)cc1. The molecule has 0 nitrogen and oxygen atoms in total. The monoisotopic (exact) mass is 320 g/mol. The number of fused-ring (bicyclic) bond motifs is 1. The molecule has 1 aromatic carbocycles. The maximum atomic E-state index is 6.64. The van der Waals surface area contributed by atoms with Crippen molar-refractivity contribution in [3.8, 4) is 0 Å². The zero-order chi connectivity index (χ0) is 14.3. The lowest BCUT2D eigenvalue weighted by atomic mass is 9.86. The average molecular weight is 321 g/mol. The van der Waals surface area contributed by atoms with Gasteiger partial charge in [0, 0.05) is 14.3 Å². The van der Waals surface area contributed by atoms with E-state index < -0.39 is 0 Å². The Morgan fingerprint density at radius 2 is 1.70 bits per heavy atom. The molecule has 0 aliphatic rings. The van der Waals surface area contributed by atoms with Gasteiger partial charge < -0.3 is 0 Å². The Kier molecular flexibility index (Phi) is 3.65. The van der Waals surface area contributed by atoms with E-state index >= 15 is 0 Å². The van der Waals surface area contributed by atoms with E-state index in [4.69, 9.17) is 11.6 Å². The maximum Gasteiger partial charge on any atom is 0.0928 e. The lowest BCUT2D eigenvalue weighted by Crippen LogP contribution is -2.10. The van der Waals surface area contributed by atoms with Gasteiger partial charge in [0.1, 0.15) is 0 Å². The zero-order valence-corrected chi connectivity index (χ0v) is 14.2. The lowest BCUT2D eigenvalue weighted by Gasteiger charge is -2.19. The number of hydrogen-bond donors (Lipinski definition) is 0. The number of thiophene rings is 2. The fourth-order valence-electron chi connectivity index (χ4n) is 2.23. The molecule has 0 bridgehead atoms. The standard InChI is InChI=1S/C17H17ClS2/c1-17(2,3)12-6-4-11(5-7-12)16(18)15-10-14-13(20-15)8-9-19-14/h4-10,16H,1-3H3. The minimum atomic E-state index is -0.0476. The summed E-state index contributed by atoms with van der Waals surface area (Å²) in [5.74, 6) is 0. The van der Waals surface area contributed by atoms with Crippen molar-refractivity contribution in [1.29, 1.82) is 0 Å². The summed E-state index contributed by atoms with van der Waals surface area (Å²) in [7, 11) is 0. The van der Waals surface area contributed by atoms with Gasteiger partial charge in [0.25, 0.3) is 0 Å². The predicted octanol–water partition coefficient (Wildman–Crippen LogP) is 6.59. The molecule has 0 radical (unpaired) electrons. The highest BCUT2D eigenvalue weighted by atomic mass is 35.5. The van der Waals surface area contributed by atoms with Crippen LogP contribution in [0.3, 0.4) is 0 Å². The van der Waals surface area contributed by atoms with Gasteiger partial charge in [0.15, 0.2) is 0 Å². The molecule has 0 saturated carbocycles. The van der Waals surface area contributed by atoms with E-state index in [9.17, 15) is 0 Å². The number of halogens is 1. The number of benzene rings is 1. The topological polar surface area (TPSA) is 0 Å². The highest BCUT2D eigenvalue weighted by molar-refractivity contribution is 7.27. The third-order valence-electron chi connectivity index (χ3n) is 3.48. The van der Waals surface area contributed by atoms with Crippen LogP contribution in [0, 0.1) is 0 Å². The van der Waals surface area contributed by atoms with Crippen LogP contribution in [0.5, 0.6) is 0 Å². The second-order valence-corrected chi connectivity index (χ2v) is 8.53. The summed E-state index contributed by atoms with van der Waals surface area (Å²) >= 11 is 10.2. The fourth-order valence-corrected chi connectivity index (χ4v) is 4.69. The van der Waals surface area contributed by atoms with Gasteiger partial charge in [-0.05, 0) is 34.1 Å². The second-order valence-electron chi connectivity index (χ2n) is 6.03. The van der Waals surface area contributed by atoms with E-state index in [1.54, 1.807) is 22.7 Å². The van der Waals surface area contributed by atoms with Crippen molar-refractivity contribution in [2.75, 3.05) is 0 Å². The van der Waals surface area contributed by atoms with Crippen LogP contribution in [-0.4, -0.2) is 0 Å². The molecule has 2 heterocycles. The van der Waals surface area contributed by atoms with Gasteiger partial charge in [0.2, 0.25) is 0 Å². The Hall–Kier alpha value is -0.830. The fraction of sp³-hybridized carbons (Fsp3) is 0.294. The van der Waals surface area contributed by atoms with E-state index in [1.165, 1.54) is 25.4 Å². The Balaban J connectivity index is 1.90. The molecule has 20 heavy (non-hydrogen) atoms. The van der Waals surface area contributed by atoms with Crippen molar-refractivity contribution < 1.29 is 0 Å². The van der Waals surface area contributed by atoms with E-state index in [-0.39, 0.29) is 10.8 Å². The van der Waals surface area contributed by atoms with Crippen molar-refractivity contribution in [3.63, 3.8) is 0 Å². The summed E-state index contributed by atoms with van der Waals surface area (Å²) in [6.45, 7) is 6.69. The molecule has 0 spiro atoms. The molecule has 0 saturated heterocycles. The first kappa shape index (κ1) is 14.1. The smallest absolute Gasteiger partial charge is 0.0928 e. The molecule has 0 N–H and O–H groups in total. The average Bonchev–Trinajstić information content (AvgIpc) is 2.97. The molecule has 0 aliphatic heterocycles. The molecular weight excluding hydrogens is 304 g/mol. The van der Waals surface area contributed by atoms with Gasteiger partial charge >= 0.3 is 0 Å². The normalized spacial score (nSPS) is 13.8. The summed E-state index contributed by atoms with van der Waals surface area (Å²) in [4.78, 5) is 1.23. The molecule has 3 rings (SSSR count). The van der Waals surface area contributed by atoms with Crippen LogP contribution in [0.4, 0.5) is 0 Å². The van der Waals surface area contributed by atoms with Gasteiger partial charge in [-0.3, -0.25) is 0 Å². The Morgan fingerprint density at radius 3 is 2.30 bits per heavy atom. The van der Waals surface area contributed by atoms with Crippen LogP contribution in [0.2, 0.25) is 0 Å². The summed E-state index contributed by atoms with van der Waals surface area (Å²) < 4.78 is 2.67. The Morgan fingerprint density at radius 1 is 1.00 bits per heavy atom. The summed E-state index contributed by atoms with van der Waals surface area (Å²) in [6, 6.07) is 13.1.